The van der Waals surface area contributed by atoms with Gasteiger partial charge in [0.2, 0.25) is 0 Å². The predicted molar refractivity (Wildman–Crippen MR) is 68.1 cm³/mol. The van der Waals surface area contributed by atoms with Crippen LogP contribution in [0.2, 0.25) is 0 Å². The van der Waals surface area contributed by atoms with E-state index in [2.05, 4.69) is 0 Å². The molecule has 1 aliphatic heterocycles. The van der Waals surface area contributed by atoms with Crippen LogP contribution >= 0.6 is 0 Å². The van der Waals surface area contributed by atoms with Crippen molar-refractivity contribution in [1.82, 2.24) is 8.61 Å². The zero-order valence-electron chi connectivity index (χ0n) is 10.6. The maximum Gasteiger partial charge on any atom is 0.281 e. The van der Waals surface area contributed by atoms with Crippen molar-refractivity contribution in [1.29, 1.82) is 0 Å². The van der Waals surface area contributed by atoms with Crippen LogP contribution in [0, 0.1) is 0 Å². The fraction of sp³-hybridized carbons (Fsp3) is 1.00. The molecule has 0 radical (unpaired) electrons. The van der Waals surface area contributed by atoms with E-state index in [0.717, 1.165) is 8.61 Å². The van der Waals surface area contributed by atoms with Crippen LogP contribution in [0.4, 0.5) is 0 Å². The van der Waals surface area contributed by atoms with E-state index in [-0.39, 0.29) is 24.7 Å². The molecule has 7 nitrogen and oxygen atoms in total. The van der Waals surface area contributed by atoms with Gasteiger partial charge in [0.05, 0.1) is 11.5 Å². The highest BCUT2D eigenvalue weighted by Crippen LogP contribution is 2.20. The monoisotopic (exact) mass is 300 g/mol. The van der Waals surface area contributed by atoms with Crippen LogP contribution < -0.4 is 0 Å². The Labute approximate surface area is 108 Å². The van der Waals surface area contributed by atoms with Gasteiger partial charge in [-0.25, -0.2) is 8.42 Å². The summed E-state index contributed by atoms with van der Waals surface area (Å²) in [6, 6.07) is -0.489. The summed E-state index contributed by atoms with van der Waals surface area (Å²) in [7, 11) is -3.94. The van der Waals surface area contributed by atoms with Crippen molar-refractivity contribution < 1.29 is 21.9 Å². The van der Waals surface area contributed by atoms with Crippen molar-refractivity contribution in [3.05, 3.63) is 0 Å². The molecule has 1 atom stereocenters. The van der Waals surface area contributed by atoms with Gasteiger partial charge >= 0.3 is 0 Å². The molecular formula is C9H20N2O5S2. The van der Waals surface area contributed by atoms with E-state index in [9.17, 15) is 16.8 Å². The maximum atomic E-state index is 12.1. The molecule has 0 aromatic rings. The van der Waals surface area contributed by atoms with Crippen LogP contribution in [0.25, 0.3) is 0 Å². The molecule has 9 heteroatoms. The number of hydrogen-bond acceptors (Lipinski definition) is 5. The average Bonchev–Trinajstić information content (AvgIpc) is 2.65. The van der Waals surface area contributed by atoms with Gasteiger partial charge in [-0.3, -0.25) is 0 Å². The molecule has 0 bridgehead atoms. The third kappa shape index (κ3) is 3.64. The summed E-state index contributed by atoms with van der Waals surface area (Å²) in [5, 5.41) is 8.69. The molecule has 0 aromatic carbocycles. The van der Waals surface area contributed by atoms with E-state index < -0.39 is 26.1 Å². The van der Waals surface area contributed by atoms with Crippen molar-refractivity contribution in [2.45, 2.75) is 18.9 Å². The van der Waals surface area contributed by atoms with E-state index in [0.29, 0.717) is 12.8 Å². The number of aliphatic hydroxyl groups excluding tert-OH is 1. The second kappa shape index (κ2) is 5.83. The molecule has 1 rings (SSSR count). The Morgan fingerprint density at radius 3 is 2.39 bits per heavy atom. The zero-order valence-corrected chi connectivity index (χ0v) is 12.2. The highest BCUT2D eigenvalue weighted by Gasteiger charge is 2.37. The molecule has 0 amide bonds. The number of sulfone groups is 1. The third-order valence-corrected chi connectivity index (χ3v) is 6.86. The van der Waals surface area contributed by atoms with Crippen molar-refractivity contribution in [3.8, 4) is 0 Å². The Bertz CT molecular complexity index is 473. The van der Waals surface area contributed by atoms with Crippen molar-refractivity contribution in [2.75, 3.05) is 38.8 Å². The standard InChI is InChI=1S/C9H20N2O5S2/c1-10(5-3-6-12)18(15,16)11(2)9-4-7-17(13,14)8-9/h9,12H,3-8H2,1-2H3. The van der Waals surface area contributed by atoms with Crippen LogP contribution in [0.1, 0.15) is 12.8 Å². The smallest absolute Gasteiger partial charge is 0.281 e. The summed E-state index contributed by atoms with van der Waals surface area (Å²) < 4.78 is 49.2. The van der Waals surface area contributed by atoms with E-state index in [1.54, 1.807) is 0 Å². The molecule has 1 aliphatic rings. The number of aliphatic hydroxyl groups is 1. The highest BCUT2D eigenvalue weighted by atomic mass is 32.2. The average molecular weight is 300 g/mol. The second-order valence-corrected chi connectivity index (χ2v) is 8.80. The Morgan fingerprint density at radius 2 is 1.94 bits per heavy atom. The second-order valence-electron chi connectivity index (χ2n) is 4.48. The summed E-state index contributed by atoms with van der Waals surface area (Å²) in [5.74, 6) is -0.0749. The van der Waals surface area contributed by atoms with Gasteiger partial charge in [-0.05, 0) is 12.8 Å². The van der Waals surface area contributed by atoms with Crippen LogP contribution in [-0.2, 0) is 20.0 Å². The van der Waals surface area contributed by atoms with Gasteiger partial charge < -0.3 is 5.11 Å². The summed E-state index contributed by atoms with van der Waals surface area (Å²) in [6.45, 7) is 0.129. The fourth-order valence-corrected chi connectivity index (χ4v) is 5.10. The lowest BCUT2D eigenvalue weighted by atomic mass is 10.3. The molecule has 0 saturated carbocycles. The molecule has 1 heterocycles. The molecular weight excluding hydrogens is 280 g/mol. The van der Waals surface area contributed by atoms with Crippen molar-refractivity contribution in [3.63, 3.8) is 0 Å². The van der Waals surface area contributed by atoms with E-state index in [4.69, 9.17) is 5.11 Å². The molecule has 1 fully saturated rings. The van der Waals surface area contributed by atoms with Crippen molar-refractivity contribution >= 4 is 20.0 Å². The lowest BCUT2D eigenvalue weighted by Gasteiger charge is -2.27. The topological polar surface area (TPSA) is 95.0 Å². The first kappa shape index (κ1) is 15.8. The molecule has 0 aliphatic carbocycles. The van der Waals surface area contributed by atoms with Crippen LogP contribution in [0.15, 0.2) is 0 Å². The summed E-state index contributed by atoms with van der Waals surface area (Å²) in [5.41, 5.74) is 0. The minimum absolute atomic E-state index is 0.0396. The van der Waals surface area contributed by atoms with Gasteiger partial charge in [-0.15, -0.1) is 0 Å². The van der Waals surface area contributed by atoms with E-state index >= 15 is 0 Å². The number of hydrogen-bond donors (Lipinski definition) is 1. The Hall–Kier alpha value is -0.220. The number of rotatable bonds is 6. The first-order valence-corrected chi connectivity index (χ1v) is 8.93. The van der Waals surface area contributed by atoms with Gasteiger partial charge in [0.1, 0.15) is 0 Å². The normalized spacial score (nSPS) is 23.9. The number of nitrogens with zero attached hydrogens (tertiary/aromatic N) is 2. The fourth-order valence-electron chi connectivity index (χ4n) is 1.88. The first-order valence-electron chi connectivity index (χ1n) is 5.71. The quantitative estimate of drug-likeness (QED) is 0.655. The molecule has 1 saturated heterocycles. The van der Waals surface area contributed by atoms with E-state index in [1.165, 1.54) is 14.1 Å². The van der Waals surface area contributed by atoms with Gasteiger partial charge in [-0.2, -0.15) is 17.0 Å². The third-order valence-electron chi connectivity index (χ3n) is 3.11. The SMILES string of the molecule is CN(CCCO)S(=O)(=O)N(C)C1CCS(=O)(=O)C1. The highest BCUT2D eigenvalue weighted by molar-refractivity contribution is 7.91. The predicted octanol–water partition coefficient (Wildman–Crippen LogP) is -1.34. The molecule has 1 unspecified atom stereocenters. The van der Waals surface area contributed by atoms with Gasteiger partial charge in [0, 0.05) is 33.3 Å². The Morgan fingerprint density at radius 1 is 1.33 bits per heavy atom. The lowest BCUT2D eigenvalue weighted by molar-refractivity contribution is 0.270. The van der Waals surface area contributed by atoms with Crippen LogP contribution in [0.3, 0.4) is 0 Å². The van der Waals surface area contributed by atoms with Gasteiger partial charge in [0.15, 0.2) is 9.84 Å². The van der Waals surface area contributed by atoms with Crippen LogP contribution in [0.5, 0.6) is 0 Å². The molecule has 0 spiro atoms. The minimum Gasteiger partial charge on any atom is -0.396 e. The van der Waals surface area contributed by atoms with E-state index in [1.807, 2.05) is 0 Å². The lowest BCUT2D eigenvalue weighted by Crippen LogP contribution is -2.45. The largest absolute Gasteiger partial charge is 0.396 e. The first-order chi connectivity index (χ1) is 8.20. The maximum absolute atomic E-state index is 12.1. The molecule has 1 N–H and O–H groups in total. The Kier molecular flexibility index (Phi) is 5.13. The Balaban J connectivity index is 2.73. The molecule has 0 aromatic heterocycles. The summed E-state index contributed by atoms with van der Waals surface area (Å²) in [6.07, 6.45) is 0.693. The summed E-state index contributed by atoms with van der Waals surface area (Å²) in [4.78, 5) is 0. The zero-order chi connectivity index (χ0) is 14.0. The van der Waals surface area contributed by atoms with Crippen molar-refractivity contribution in [2.24, 2.45) is 0 Å². The minimum atomic E-state index is -3.65. The van der Waals surface area contributed by atoms with Gasteiger partial charge in [-0.1, -0.05) is 0 Å². The summed E-state index contributed by atoms with van der Waals surface area (Å²) >= 11 is 0. The van der Waals surface area contributed by atoms with Gasteiger partial charge in [0.25, 0.3) is 10.2 Å². The van der Waals surface area contributed by atoms with Crippen LogP contribution in [-0.4, -0.2) is 75.3 Å². The molecule has 18 heavy (non-hydrogen) atoms. The molecule has 108 valence electrons.